The molecule has 0 aliphatic carbocycles. The standard InChI is InChI=1S/C24H19ClN2O3/c25-19-8-6-18(7-9-19)22(28)20-21(17-10-13-26-14-11-17)27(24(30)23(20)29)15-12-16-4-2-1-3-5-16/h1-11,13-14,21,28H,12,15H2. The number of likely N-dealkylation sites (tertiary alicyclic amines) is 1. The van der Waals surface area contributed by atoms with Crippen LogP contribution in [0, 0.1) is 0 Å². The van der Waals surface area contributed by atoms with Crippen molar-refractivity contribution < 1.29 is 14.7 Å². The Kier molecular flexibility index (Phi) is 5.63. The Hall–Kier alpha value is -3.44. The lowest BCUT2D eigenvalue weighted by Crippen LogP contribution is -2.31. The average molecular weight is 419 g/mol. The van der Waals surface area contributed by atoms with Crippen molar-refractivity contribution in [3.63, 3.8) is 0 Å². The highest BCUT2D eigenvalue weighted by atomic mass is 35.5. The first-order chi connectivity index (χ1) is 14.6. The highest BCUT2D eigenvalue weighted by Gasteiger charge is 2.45. The molecule has 1 N–H and O–H groups in total. The maximum atomic E-state index is 12.9. The predicted molar refractivity (Wildman–Crippen MR) is 115 cm³/mol. The SMILES string of the molecule is O=C1C(=O)N(CCc2ccccc2)C(c2ccncc2)C1=C(O)c1ccc(Cl)cc1. The van der Waals surface area contributed by atoms with Crippen molar-refractivity contribution in [1.82, 2.24) is 9.88 Å². The van der Waals surface area contributed by atoms with E-state index in [1.807, 2.05) is 30.3 Å². The summed E-state index contributed by atoms with van der Waals surface area (Å²) in [4.78, 5) is 31.4. The molecule has 5 nitrogen and oxygen atoms in total. The Labute approximate surface area is 179 Å². The molecular formula is C24H19ClN2O3. The van der Waals surface area contributed by atoms with E-state index in [1.54, 1.807) is 48.8 Å². The Morgan fingerprint density at radius 3 is 2.30 bits per heavy atom. The second-order valence-electron chi connectivity index (χ2n) is 7.02. The molecule has 4 rings (SSSR count). The summed E-state index contributed by atoms with van der Waals surface area (Å²) in [6.45, 7) is 0.346. The molecule has 1 fully saturated rings. The third kappa shape index (κ3) is 3.84. The fourth-order valence-corrected chi connectivity index (χ4v) is 3.79. The van der Waals surface area contributed by atoms with Gasteiger partial charge in [0.1, 0.15) is 5.76 Å². The number of benzene rings is 2. The molecule has 6 heteroatoms. The van der Waals surface area contributed by atoms with Crippen LogP contribution in [0.4, 0.5) is 0 Å². The summed E-state index contributed by atoms with van der Waals surface area (Å²) in [7, 11) is 0. The van der Waals surface area contributed by atoms with Crippen LogP contribution in [0.1, 0.15) is 22.7 Å². The van der Waals surface area contributed by atoms with Crippen LogP contribution in [0.5, 0.6) is 0 Å². The number of hydrogen-bond donors (Lipinski definition) is 1. The molecule has 1 aliphatic heterocycles. The maximum absolute atomic E-state index is 12.9. The van der Waals surface area contributed by atoms with Gasteiger partial charge in [-0.2, -0.15) is 0 Å². The van der Waals surface area contributed by atoms with Crippen LogP contribution >= 0.6 is 11.6 Å². The fourth-order valence-electron chi connectivity index (χ4n) is 3.66. The summed E-state index contributed by atoms with van der Waals surface area (Å²) in [6, 6.07) is 19.1. The second-order valence-corrected chi connectivity index (χ2v) is 7.45. The summed E-state index contributed by atoms with van der Waals surface area (Å²) in [6.07, 6.45) is 3.81. The largest absolute Gasteiger partial charge is 0.507 e. The number of aliphatic hydroxyl groups is 1. The van der Waals surface area contributed by atoms with Crippen molar-refractivity contribution in [2.45, 2.75) is 12.5 Å². The molecule has 1 aromatic heterocycles. The van der Waals surface area contributed by atoms with Gasteiger partial charge in [0.05, 0.1) is 11.6 Å². The number of pyridine rings is 1. The number of hydrogen-bond acceptors (Lipinski definition) is 4. The van der Waals surface area contributed by atoms with E-state index in [0.29, 0.717) is 29.1 Å². The molecule has 0 spiro atoms. The van der Waals surface area contributed by atoms with Crippen LogP contribution in [0.2, 0.25) is 5.02 Å². The van der Waals surface area contributed by atoms with E-state index in [-0.39, 0.29) is 11.3 Å². The number of rotatable bonds is 5. The van der Waals surface area contributed by atoms with Crippen molar-refractivity contribution >= 4 is 29.1 Å². The summed E-state index contributed by atoms with van der Waals surface area (Å²) in [5.74, 6) is -1.53. The zero-order chi connectivity index (χ0) is 21.1. The number of aromatic nitrogens is 1. The van der Waals surface area contributed by atoms with Crippen LogP contribution in [0.15, 0.2) is 84.7 Å². The van der Waals surface area contributed by atoms with Crippen molar-refractivity contribution in [2.24, 2.45) is 0 Å². The Morgan fingerprint density at radius 2 is 1.63 bits per heavy atom. The minimum absolute atomic E-state index is 0.0709. The van der Waals surface area contributed by atoms with Gasteiger partial charge in [-0.15, -0.1) is 0 Å². The van der Waals surface area contributed by atoms with Crippen LogP contribution in [0.3, 0.4) is 0 Å². The summed E-state index contributed by atoms with van der Waals surface area (Å²) < 4.78 is 0. The van der Waals surface area contributed by atoms with Gasteiger partial charge >= 0.3 is 0 Å². The number of carbonyl (C=O) groups excluding carboxylic acids is 2. The molecule has 30 heavy (non-hydrogen) atoms. The minimum Gasteiger partial charge on any atom is -0.507 e. The van der Waals surface area contributed by atoms with Crippen LogP contribution in [-0.4, -0.2) is 33.2 Å². The van der Waals surface area contributed by atoms with Gasteiger partial charge in [-0.25, -0.2) is 0 Å². The van der Waals surface area contributed by atoms with Gasteiger partial charge in [0.2, 0.25) is 0 Å². The molecule has 0 bridgehead atoms. The monoisotopic (exact) mass is 418 g/mol. The quantitative estimate of drug-likeness (QED) is 0.379. The smallest absolute Gasteiger partial charge is 0.295 e. The van der Waals surface area contributed by atoms with Crippen LogP contribution in [0.25, 0.3) is 5.76 Å². The third-order valence-corrected chi connectivity index (χ3v) is 5.42. The fraction of sp³-hybridized carbons (Fsp3) is 0.125. The lowest BCUT2D eigenvalue weighted by Gasteiger charge is -2.25. The minimum atomic E-state index is -0.697. The van der Waals surface area contributed by atoms with Gasteiger partial charge < -0.3 is 10.0 Å². The molecule has 3 aromatic rings. The van der Waals surface area contributed by atoms with Gasteiger partial charge in [-0.05, 0) is 53.9 Å². The summed E-state index contributed by atoms with van der Waals surface area (Å²) in [5, 5.41) is 11.5. The number of nitrogens with zero attached hydrogens (tertiary/aromatic N) is 2. The normalized spacial score (nSPS) is 18.0. The van der Waals surface area contributed by atoms with Gasteiger partial charge in [-0.3, -0.25) is 14.6 Å². The first-order valence-electron chi connectivity index (χ1n) is 9.54. The lowest BCUT2D eigenvalue weighted by molar-refractivity contribution is -0.139. The molecule has 0 saturated carbocycles. The zero-order valence-electron chi connectivity index (χ0n) is 16.0. The van der Waals surface area contributed by atoms with E-state index in [2.05, 4.69) is 4.98 Å². The molecule has 150 valence electrons. The molecule has 0 radical (unpaired) electrons. The molecule has 1 saturated heterocycles. The van der Waals surface area contributed by atoms with Crippen molar-refractivity contribution in [2.75, 3.05) is 6.54 Å². The predicted octanol–water partition coefficient (Wildman–Crippen LogP) is 4.40. The molecular weight excluding hydrogens is 400 g/mol. The number of halogens is 1. The lowest BCUT2D eigenvalue weighted by atomic mass is 9.96. The topological polar surface area (TPSA) is 70.5 Å². The Morgan fingerprint density at radius 1 is 0.967 bits per heavy atom. The van der Waals surface area contributed by atoms with E-state index in [0.717, 1.165) is 5.56 Å². The van der Waals surface area contributed by atoms with E-state index in [9.17, 15) is 14.7 Å². The summed E-state index contributed by atoms with van der Waals surface area (Å²) >= 11 is 5.94. The average Bonchev–Trinajstić information content (AvgIpc) is 3.04. The van der Waals surface area contributed by atoms with E-state index < -0.39 is 17.7 Å². The van der Waals surface area contributed by atoms with Crippen molar-refractivity contribution in [1.29, 1.82) is 0 Å². The first kappa shape index (κ1) is 19.9. The highest BCUT2D eigenvalue weighted by molar-refractivity contribution is 6.46. The van der Waals surface area contributed by atoms with Gasteiger partial charge in [0, 0.05) is 29.5 Å². The Bertz CT molecular complexity index is 1100. The molecule has 1 atom stereocenters. The molecule has 1 aliphatic rings. The zero-order valence-corrected chi connectivity index (χ0v) is 16.8. The van der Waals surface area contributed by atoms with Gasteiger partial charge in [-0.1, -0.05) is 41.9 Å². The first-order valence-corrected chi connectivity index (χ1v) is 9.92. The Balaban J connectivity index is 1.76. The number of amides is 1. The number of aliphatic hydroxyl groups excluding tert-OH is 1. The molecule has 1 amide bonds. The molecule has 2 heterocycles. The van der Waals surface area contributed by atoms with E-state index in [1.165, 1.54) is 4.90 Å². The van der Waals surface area contributed by atoms with Crippen molar-refractivity contribution in [3.8, 4) is 0 Å². The van der Waals surface area contributed by atoms with Gasteiger partial charge in [0.25, 0.3) is 11.7 Å². The number of ketones is 1. The van der Waals surface area contributed by atoms with Crippen LogP contribution in [-0.2, 0) is 16.0 Å². The number of carbonyl (C=O) groups is 2. The van der Waals surface area contributed by atoms with Crippen molar-refractivity contribution in [3.05, 3.63) is 106 Å². The van der Waals surface area contributed by atoms with E-state index in [4.69, 9.17) is 11.6 Å². The summed E-state index contributed by atoms with van der Waals surface area (Å²) in [5.41, 5.74) is 2.28. The third-order valence-electron chi connectivity index (χ3n) is 5.16. The molecule has 2 aromatic carbocycles. The van der Waals surface area contributed by atoms with Crippen LogP contribution < -0.4 is 0 Å². The van der Waals surface area contributed by atoms with E-state index >= 15 is 0 Å². The maximum Gasteiger partial charge on any atom is 0.295 e. The van der Waals surface area contributed by atoms with Gasteiger partial charge in [0.15, 0.2) is 0 Å². The highest BCUT2D eigenvalue weighted by Crippen LogP contribution is 2.39. The second kappa shape index (κ2) is 8.51. The molecule has 1 unspecified atom stereocenters. The number of Topliss-reactive ketones (excluding diaryl/α,β-unsaturated/α-hetero) is 1.